The van der Waals surface area contributed by atoms with E-state index in [1.165, 1.54) is 0 Å². The maximum absolute atomic E-state index is 5.54. The van der Waals surface area contributed by atoms with Gasteiger partial charge in [0, 0.05) is 5.03 Å². The van der Waals surface area contributed by atoms with Gasteiger partial charge in [0.15, 0.2) is 0 Å². The van der Waals surface area contributed by atoms with Gasteiger partial charge in [0.1, 0.15) is 0 Å². The summed E-state index contributed by atoms with van der Waals surface area (Å²) in [7, 11) is 0. The fourth-order valence-electron chi connectivity index (χ4n) is 0.393. The third-order valence-electron chi connectivity index (χ3n) is 0.795. The Morgan fingerprint density at radius 1 is 1.67 bits per heavy atom. The zero-order chi connectivity index (χ0) is 7.11. The minimum Gasteiger partial charge on any atom is -0.330 e. The van der Waals surface area contributed by atoms with Crippen LogP contribution in [0.3, 0.4) is 0 Å². The lowest BCUT2D eigenvalue weighted by atomic mass is 10.3. The molecule has 0 saturated heterocycles. The van der Waals surface area contributed by atoms with Gasteiger partial charge in [0.25, 0.3) is 0 Å². The molecule has 0 amide bonds. The van der Waals surface area contributed by atoms with Crippen LogP contribution in [0.15, 0.2) is 23.3 Å². The minimum absolute atomic E-state index is 0.700. The van der Waals surface area contributed by atoms with E-state index in [1.807, 2.05) is 25.2 Å². The van der Waals surface area contributed by atoms with Crippen LogP contribution >= 0.6 is 11.6 Å². The van der Waals surface area contributed by atoms with Crippen LogP contribution in [0.25, 0.3) is 0 Å². The highest BCUT2D eigenvalue weighted by molar-refractivity contribution is 6.29. The molecule has 0 spiro atoms. The molecule has 0 aromatic heterocycles. The number of allylic oxidation sites excluding steroid dienone is 3. The van der Waals surface area contributed by atoms with E-state index >= 15 is 0 Å². The monoisotopic (exact) mass is 145 g/mol. The molecule has 0 heterocycles. The predicted molar refractivity (Wildman–Crippen MR) is 42.4 cm³/mol. The standard InChI is InChI=1S/C7H12ClN/c1-7(8)5-3-2-4-6-9/h2-3,5H,4,6,9H2,1H3/b3-2-,7-5+. The zero-order valence-corrected chi connectivity index (χ0v) is 6.36. The fraction of sp³-hybridized carbons (Fsp3) is 0.429. The lowest BCUT2D eigenvalue weighted by Crippen LogP contribution is -1.94. The average Bonchev–Trinajstić information content (AvgIpc) is 1.80. The molecule has 0 aromatic carbocycles. The molecule has 0 unspecified atom stereocenters. The lowest BCUT2D eigenvalue weighted by Gasteiger charge is -1.81. The SMILES string of the molecule is C/C(Cl)=C\C=C/CCN. The van der Waals surface area contributed by atoms with Crippen molar-refractivity contribution in [3.63, 3.8) is 0 Å². The molecule has 0 fully saturated rings. The minimum atomic E-state index is 0.700. The predicted octanol–water partition coefficient (Wildman–Crippen LogP) is 2.03. The molecule has 9 heavy (non-hydrogen) atoms. The first-order valence-corrected chi connectivity index (χ1v) is 3.34. The van der Waals surface area contributed by atoms with E-state index in [-0.39, 0.29) is 0 Å². The molecule has 0 atom stereocenters. The Morgan fingerprint density at radius 2 is 2.33 bits per heavy atom. The second-order valence-electron chi connectivity index (χ2n) is 1.76. The summed E-state index contributed by atoms with van der Waals surface area (Å²) in [6.45, 7) is 2.54. The van der Waals surface area contributed by atoms with E-state index < -0.39 is 0 Å². The van der Waals surface area contributed by atoms with Gasteiger partial charge >= 0.3 is 0 Å². The molecule has 2 heteroatoms. The second kappa shape index (κ2) is 5.86. The van der Waals surface area contributed by atoms with Crippen molar-refractivity contribution in [3.8, 4) is 0 Å². The van der Waals surface area contributed by atoms with Crippen molar-refractivity contribution in [3.05, 3.63) is 23.3 Å². The molecule has 0 saturated carbocycles. The molecular weight excluding hydrogens is 134 g/mol. The highest BCUT2D eigenvalue weighted by Crippen LogP contribution is 1.97. The van der Waals surface area contributed by atoms with Crippen molar-refractivity contribution in [1.29, 1.82) is 0 Å². The number of halogens is 1. The first-order valence-electron chi connectivity index (χ1n) is 2.96. The van der Waals surface area contributed by atoms with E-state index in [9.17, 15) is 0 Å². The van der Waals surface area contributed by atoms with Crippen LogP contribution < -0.4 is 5.73 Å². The van der Waals surface area contributed by atoms with Gasteiger partial charge in [-0.15, -0.1) is 0 Å². The van der Waals surface area contributed by atoms with Crippen LogP contribution in [0, 0.1) is 0 Å². The summed E-state index contributed by atoms with van der Waals surface area (Å²) in [5.74, 6) is 0. The Hall–Kier alpha value is -0.270. The normalized spacial score (nSPS) is 13.0. The Kier molecular flexibility index (Phi) is 5.68. The van der Waals surface area contributed by atoms with Gasteiger partial charge in [-0.3, -0.25) is 0 Å². The fourth-order valence-corrected chi connectivity index (χ4v) is 0.466. The summed E-state index contributed by atoms with van der Waals surface area (Å²) in [4.78, 5) is 0. The Bertz CT molecular complexity index is 112. The molecule has 0 aromatic rings. The summed E-state index contributed by atoms with van der Waals surface area (Å²) in [5.41, 5.74) is 5.24. The van der Waals surface area contributed by atoms with Crippen molar-refractivity contribution < 1.29 is 0 Å². The van der Waals surface area contributed by atoms with Gasteiger partial charge in [-0.1, -0.05) is 23.8 Å². The number of hydrogen-bond donors (Lipinski definition) is 1. The quantitative estimate of drug-likeness (QED) is 0.605. The van der Waals surface area contributed by atoms with Crippen molar-refractivity contribution in [2.45, 2.75) is 13.3 Å². The van der Waals surface area contributed by atoms with Crippen LogP contribution in [-0.2, 0) is 0 Å². The largest absolute Gasteiger partial charge is 0.330 e. The number of rotatable bonds is 3. The zero-order valence-electron chi connectivity index (χ0n) is 5.60. The molecule has 0 aliphatic heterocycles. The first kappa shape index (κ1) is 8.73. The molecule has 0 aliphatic carbocycles. The van der Waals surface area contributed by atoms with Crippen molar-refractivity contribution in [2.75, 3.05) is 6.54 Å². The summed E-state index contributed by atoms with van der Waals surface area (Å²) < 4.78 is 0. The number of nitrogens with two attached hydrogens (primary N) is 1. The van der Waals surface area contributed by atoms with Crippen molar-refractivity contribution in [1.82, 2.24) is 0 Å². The molecule has 0 rings (SSSR count). The van der Waals surface area contributed by atoms with Gasteiger partial charge in [-0.25, -0.2) is 0 Å². The smallest absolute Gasteiger partial charge is 0.0149 e. The molecule has 2 N–H and O–H groups in total. The van der Waals surface area contributed by atoms with E-state index in [4.69, 9.17) is 17.3 Å². The van der Waals surface area contributed by atoms with Crippen molar-refractivity contribution >= 4 is 11.6 Å². The van der Waals surface area contributed by atoms with Crippen LogP contribution in [-0.4, -0.2) is 6.54 Å². The second-order valence-corrected chi connectivity index (χ2v) is 2.36. The third-order valence-corrected chi connectivity index (χ3v) is 0.921. The Balaban J connectivity index is 3.35. The van der Waals surface area contributed by atoms with Gasteiger partial charge in [0.05, 0.1) is 0 Å². The average molecular weight is 146 g/mol. The third kappa shape index (κ3) is 7.73. The van der Waals surface area contributed by atoms with Crippen LogP contribution in [0.1, 0.15) is 13.3 Å². The topological polar surface area (TPSA) is 26.0 Å². The van der Waals surface area contributed by atoms with Crippen LogP contribution in [0.4, 0.5) is 0 Å². The molecule has 1 nitrogen and oxygen atoms in total. The van der Waals surface area contributed by atoms with Crippen LogP contribution in [0.5, 0.6) is 0 Å². The van der Waals surface area contributed by atoms with Crippen molar-refractivity contribution in [2.24, 2.45) is 5.73 Å². The Morgan fingerprint density at radius 3 is 2.78 bits per heavy atom. The van der Waals surface area contributed by atoms with Gasteiger partial charge in [-0.2, -0.15) is 0 Å². The summed E-state index contributed by atoms with van der Waals surface area (Å²) >= 11 is 5.54. The van der Waals surface area contributed by atoms with E-state index in [1.54, 1.807) is 0 Å². The van der Waals surface area contributed by atoms with E-state index in [2.05, 4.69) is 0 Å². The lowest BCUT2D eigenvalue weighted by molar-refractivity contribution is 1.01. The summed E-state index contributed by atoms with van der Waals surface area (Å²) in [6.07, 6.45) is 6.67. The summed E-state index contributed by atoms with van der Waals surface area (Å²) in [5, 5.41) is 0.795. The molecule has 0 radical (unpaired) electrons. The molecule has 0 aliphatic rings. The highest BCUT2D eigenvalue weighted by Gasteiger charge is 1.73. The van der Waals surface area contributed by atoms with E-state index in [0.29, 0.717) is 6.54 Å². The van der Waals surface area contributed by atoms with Crippen LogP contribution in [0.2, 0.25) is 0 Å². The Labute approximate surface area is 61.2 Å². The molecular formula is C7H12ClN. The maximum atomic E-state index is 5.54. The maximum Gasteiger partial charge on any atom is 0.0149 e. The van der Waals surface area contributed by atoms with Gasteiger partial charge in [-0.05, 0) is 26.0 Å². The molecule has 52 valence electrons. The summed E-state index contributed by atoms with van der Waals surface area (Å²) in [6, 6.07) is 0. The van der Waals surface area contributed by atoms with E-state index in [0.717, 1.165) is 11.5 Å². The van der Waals surface area contributed by atoms with Gasteiger partial charge < -0.3 is 5.73 Å². The number of hydrogen-bond acceptors (Lipinski definition) is 1. The molecule has 0 bridgehead atoms. The first-order chi connectivity index (χ1) is 4.27. The van der Waals surface area contributed by atoms with Gasteiger partial charge in [0.2, 0.25) is 0 Å². The highest BCUT2D eigenvalue weighted by atomic mass is 35.5.